The first kappa shape index (κ1) is 15.3. The number of methoxy groups -OCH3 is 1. The molecule has 0 aliphatic carbocycles. The molecule has 1 aliphatic heterocycles. The Labute approximate surface area is 121 Å². The van der Waals surface area contributed by atoms with Gasteiger partial charge in [0.15, 0.2) is 0 Å². The molecule has 0 aromatic heterocycles. The smallest absolute Gasteiger partial charge is 0.279 e. The summed E-state index contributed by atoms with van der Waals surface area (Å²) < 4.78 is 33.7. The summed E-state index contributed by atoms with van der Waals surface area (Å²) in [7, 11) is -1.77. The van der Waals surface area contributed by atoms with Crippen molar-refractivity contribution in [3.8, 4) is 5.75 Å². The number of rotatable bonds is 5. The molecule has 0 amide bonds. The minimum Gasteiger partial charge on any atom is -0.497 e. The van der Waals surface area contributed by atoms with Crippen LogP contribution in [-0.4, -0.2) is 32.9 Å². The van der Waals surface area contributed by atoms with Crippen LogP contribution in [0.1, 0.15) is 25.3 Å². The van der Waals surface area contributed by atoms with Crippen molar-refractivity contribution in [2.24, 2.45) is 5.92 Å². The Bertz CT molecular complexity index is 528. The van der Waals surface area contributed by atoms with Crippen molar-refractivity contribution >= 4 is 10.2 Å². The fourth-order valence-electron chi connectivity index (χ4n) is 2.37. The Morgan fingerprint density at radius 2 is 2.05 bits per heavy atom. The lowest BCUT2D eigenvalue weighted by Crippen LogP contribution is -2.45. The molecule has 20 heavy (non-hydrogen) atoms. The number of hydrogen-bond acceptors (Lipinski definition) is 3. The molecule has 1 N–H and O–H groups in total. The summed E-state index contributed by atoms with van der Waals surface area (Å²) in [5.41, 5.74) is 0.916. The van der Waals surface area contributed by atoms with Crippen LogP contribution < -0.4 is 9.46 Å². The maximum absolute atomic E-state index is 12.2. The molecule has 0 bridgehead atoms. The zero-order valence-electron chi connectivity index (χ0n) is 12.0. The molecule has 1 heterocycles. The highest BCUT2D eigenvalue weighted by atomic mass is 32.2. The molecule has 0 unspecified atom stereocenters. The molecule has 6 heteroatoms. The molecule has 1 aromatic rings. The largest absolute Gasteiger partial charge is 0.497 e. The van der Waals surface area contributed by atoms with Crippen molar-refractivity contribution in [1.82, 2.24) is 9.03 Å². The third-order valence-electron chi connectivity index (χ3n) is 3.58. The van der Waals surface area contributed by atoms with Gasteiger partial charge in [0.05, 0.1) is 7.11 Å². The molecule has 0 radical (unpaired) electrons. The van der Waals surface area contributed by atoms with E-state index in [4.69, 9.17) is 4.74 Å². The molecule has 2 rings (SSSR count). The molecule has 1 saturated heterocycles. The lowest BCUT2D eigenvalue weighted by molar-refractivity contribution is 0.278. The Kier molecular flexibility index (Phi) is 5.01. The molecular formula is C14H22N2O3S. The van der Waals surface area contributed by atoms with Crippen molar-refractivity contribution in [3.05, 3.63) is 29.8 Å². The molecule has 1 atom stereocenters. The van der Waals surface area contributed by atoms with E-state index in [-0.39, 0.29) is 0 Å². The first-order chi connectivity index (χ1) is 9.51. The minimum atomic E-state index is -3.38. The van der Waals surface area contributed by atoms with Gasteiger partial charge in [-0.25, -0.2) is 0 Å². The van der Waals surface area contributed by atoms with Crippen LogP contribution in [0.2, 0.25) is 0 Å². The van der Waals surface area contributed by atoms with E-state index >= 15 is 0 Å². The van der Waals surface area contributed by atoms with E-state index in [1.165, 1.54) is 0 Å². The lowest BCUT2D eigenvalue weighted by Gasteiger charge is -2.30. The zero-order valence-corrected chi connectivity index (χ0v) is 12.8. The van der Waals surface area contributed by atoms with Gasteiger partial charge in [0, 0.05) is 19.6 Å². The fraction of sp³-hybridized carbons (Fsp3) is 0.571. The van der Waals surface area contributed by atoms with Crippen molar-refractivity contribution < 1.29 is 13.2 Å². The molecule has 1 fully saturated rings. The van der Waals surface area contributed by atoms with Crippen LogP contribution in [0.3, 0.4) is 0 Å². The summed E-state index contributed by atoms with van der Waals surface area (Å²) >= 11 is 0. The van der Waals surface area contributed by atoms with Gasteiger partial charge < -0.3 is 4.74 Å². The van der Waals surface area contributed by atoms with Crippen molar-refractivity contribution in [3.63, 3.8) is 0 Å². The molecule has 1 aliphatic rings. The average molecular weight is 298 g/mol. The minimum absolute atomic E-state index is 0.303. The van der Waals surface area contributed by atoms with Crippen molar-refractivity contribution in [2.45, 2.75) is 26.3 Å². The quantitative estimate of drug-likeness (QED) is 0.901. The number of hydrogen-bond donors (Lipinski definition) is 1. The van der Waals surface area contributed by atoms with Crippen LogP contribution >= 0.6 is 0 Å². The number of nitrogens with one attached hydrogen (secondary N) is 1. The van der Waals surface area contributed by atoms with Crippen LogP contribution in [0.25, 0.3) is 0 Å². The highest BCUT2D eigenvalue weighted by Crippen LogP contribution is 2.18. The summed E-state index contributed by atoms with van der Waals surface area (Å²) in [6.45, 7) is 3.61. The van der Waals surface area contributed by atoms with E-state index in [9.17, 15) is 8.42 Å². The predicted molar refractivity (Wildman–Crippen MR) is 78.7 cm³/mol. The van der Waals surface area contributed by atoms with Crippen LogP contribution in [0, 0.1) is 5.92 Å². The second kappa shape index (κ2) is 6.56. The second-order valence-corrected chi connectivity index (χ2v) is 7.03. The van der Waals surface area contributed by atoms with Gasteiger partial charge >= 0.3 is 0 Å². The maximum Gasteiger partial charge on any atom is 0.279 e. The maximum atomic E-state index is 12.2. The van der Waals surface area contributed by atoms with Gasteiger partial charge in [-0.1, -0.05) is 19.1 Å². The monoisotopic (exact) mass is 298 g/mol. The van der Waals surface area contributed by atoms with Gasteiger partial charge in [-0.2, -0.15) is 17.4 Å². The van der Waals surface area contributed by atoms with Crippen LogP contribution in [0.4, 0.5) is 0 Å². The first-order valence-electron chi connectivity index (χ1n) is 6.89. The lowest BCUT2D eigenvalue weighted by atomic mass is 10.0. The summed E-state index contributed by atoms with van der Waals surface area (Å²) in [5.74, 6) is 1.20. The van der Waals surface area contributed by atoms with E-state index in [0.717, 1.165) is 24.2 Å². The van der Waals surface area contributed by atoms with Gasteiger partial charge in [-0.05, 0) is 36.5 Å². The third kappa shape index (κ3) is 3.94. The number of benzene rings is 1. The van der Waals surface area contributed by atoms with Crippen molar-refractivity contribution in [2.75, 3.05) is 20.2 Å². The number of piperidine rings is 1. The molecule has 0 saturated carbocycles. The van der Waals surface area contributed by atoms with Crippen LogP contribution in [0.5, 0.6) is 5.75 Å². The molecule has 112 valence electrons. The number of ether oxygens (including phenoxy) is 1. The third-order valence-corrected chi connectivity index (χ3v) is 5.10. The number of nitrogens with zero attached hydrogens (tertiary/aromatic N) is 1. The highest BCUT2D eigenvalue weighted by Gasteiger charge is 2.26. The summed E-state index contributed by atoms with van der Waals surface area (Å²) in [5, 5.41) is 0. The molecule has 5 nitrogen and oxygen atoms in total. The van der Waals surface area contributed by atoms with E-state index in [1.807, 2.05) is 24.3 Å². The standard InChI is InChI=1S/C14H22N2O3S/c1-12-4-3-9-16(11-12)20(17,18)15-10-13-5-7-14(19-2)8-6-13/h5-8,12,15H,3-4,9-11H2,1-2H3/t12-/m1/s1. The second-order valence-electron chi connectivity index (χ2n) is 5.28. The van der Waals surface area contributed by atoms with Crippen molar-refractivity contribution in [1.29, 1.82) is 0 Å². The van der Waals surface area contributed by atoms with Crippen LogP contribution in [-0.2, 0) is 16.8 Å². The van der Waals surface area contributed by atoms with E-state index in [1.54, 1.807) is 11.4 Å². The average Bonchev–Trinajstić information content (AvgIpc) is 2.46. The molecule has 1 aromatic carbocycles. The Balaban J connectivity index is 1.94. The summed E-state index contributed by atoms with van der Waals surface area (Å²) in [4.78, 5) is 0. The van der Waals surface area contributed by atoms with E-state index in [2.05, 4.69) is 11.6 Å². The Morgan fingerprint density at radius 3 is 2.65 bits per heavy atom. The molecule has 0 spiro atoms. The van der Waals surface area contributed by atoms with E-state index < -0.39 is 10.2 Å². The summed E-state index contributed by atoms with van der Waals surface area (Å²) in [6, 6.07) is 7.37. The Morgan fingerprint density at radius 1 is 1.35 bits per heavy atom. The van der Waals surface area contributed by atoms with E-state index in [0.29, 0.717) is 25.6 Å². The first-order valence-corrected chi connectivity index (χ1v) is 8.33. The SMILES string of the molecule is COc1ccc(CNS(=O)(=O)N2CCC[C@@H](C)C2)cc1. The zero-order chi connectivity index (χ0) is 14.6. The fourth-order valence-corrected chi connectivity index (χ4v) is 3.73. The normalized spacial score (nSPS) is 20.8. The highest BCUT2D eigenvalue weighted by molar-refractivity contribution is 7.87. The van der Waals surface area contributed by atoms with Gasteiger partial charge in [-0.15, -0.1) is 0 Å². The van der Waals surface area contributed by atoms with Gasteiger partial charge in [0.2, 0.25) is 0 Å². The van der Waals surface area contributed by atoms with Gasteiger partial charge in [0.1, 0.15) is 5.75 Å². The summed E-state index contributed by atoms with van der Waals surface area (Å²) in [6.07, 6.45) is 2.04. The van der Waals surface area contributed by atoms with Crippen LogP contribution in [0.15, 0.2) is 24.3 Å². The molecular weight excluding hydrogens is 276 g/mol. The van der Waals surface area contributed by atoms with Gasteiger partial charge in [-0.3, -0.25) is 0 Å². The topological polar surface area (TPSA) is 58.6 Å². The predicted octanol–water partition coefficient (Wildman–Crippen LogP) is 1.76. The van der Waals surface area contributed by atoms with Gasteiger partial charge in [0.25, 0.3) is 10.2 Å². The Hall–Kier alpha value is -1.11.